The van der Waals surface area contributed by atoms with Crippen molar-refractivity contribution >= 4 is 6.21 Å². The fraction of sp³-hybridized carbons (Fsp3) is 0.250. The number of oxime groups is 1. The number of halogens is 3. The second-order valence-corrected chi connectivity index (χ2v) is 2.41. The minimum absolute atomic E-state index is 0.353. The lowest BCUT2D eigenvalue weighted by Gasteiger charge is -1.98. The monoisotopic (exact) mass is 204 g/mol. The van der Waals surface area contributed by atoms with Gasteiger partial charge in [0.2, 0.25) is 5.95 Å². The summed E-state index contributed by atoms with van der Waals surface area (Å²) in [5.74, 6) is -0.630. The first kappa shape index (κ1) is 10.5. The quantitative estimate of drug-likeness (QED) is 0.429. The van der Waals surface area contributed by atoms with E-state index in [2.05, 4.69) is 15.0 Å². The van der Waals surface area contributed by atoms with Crippen LogP contribution in [0, 0.1) is 12.9 Å². The number of rotatable bonds is 3. The normalized spacial score (nSPS) is 11.2. The average molecular weight is 204 g/mol. The number of pyridine rings is 1. The topological polar surface area (TPSA) is 34.5 Å². The molecular weight excluding hydrogens is 197 g/mol. The highest BCUT2D eigenvalue weighted by Crippen LogP contribution is 2.04. The molecule has 0 spiro atoms. The van der Waals surface area contributed by atoms with Gasteiger partial charge in [-0.15, -0.1) is 0 Å². The van der Waals surface area contributed by atoms with E-state index >= 15 is 0 Å². The van der Waals surface area contributed by atoms with Gasteiger partial charge in [-0.05, 0) is 19.1 Å². The summed E-state index contributed by atoms with van der Waals surface area (Å²) in [7, 11) is 0. The van der Waals surface area contributed by atoms with Gasteiger partial charge in [-0.3, -0.25) is 0 Å². The van der Waals surface area contributed by atoms with E-state index in [1.165, 1.54) is 13.0 Å². The smallest absolute Gasteiger partial charge is 0.326 e. The van der Waals surface area contributed by atoms with Crippen molar-refractivity contribution in [3.63, 3.8) is 0 Å². The minimum Gasteiger partial charge on any atom is -0.326 e. The van der Waals surface area contributed by atoms with E-state index in [0.29, 0.717) is 11.3 Å². The predicted octanol–water partition coefficient (Wildman–Crippen LogP) is 2.10. The van der Waals surface area contributed by atoms with Crippen LogP contribution in [-0.4, -0.2) is 17.8 Å². The average Bonchev–Trinajstić information content (AvgIpc) is 2.08. The first-order valence-electron chi connectivity index (χ1n) is 3.70. The van der Waals surface area contributed by atoms with Crippen molar-refractivity contribution in [1.82, 2.24) is 4.98 Å². The Morgan fingerprint density at radius 3 is 2.79 bits per heavy atom. The van der Waals surface area contributed by atoms with Crippen molar-refractivity contribution < 1.29 is 18.0 Å². The van der Waals surface area contributed by atoms with Crippen molar-refractivity contribution in [1.29, 1.82) is 0 Å². The van der Waals surface area contributed by atoms with E-state index in [4.69, 9.17) is 0 Å². The van der Waals surface area contributed by atoms with Gasteiger partial charge in [0.1, 0.15) is 0 Å². The maximum Gasteiger partial charge on any atom is 0.407 e. The molecule has 0 saturated carbocycles. The van der Waals surface area contributed by atoms with Gasteiger partial charge in [0, 0.05) is 11.3 Å². The number of aryl methyl sites for hydroxylation is 1. The fourth-order valence-electron chi connectivity index (χ4n) is 0.811. The molecule has 0 aromatic carbocycles. The number of aromatic nitrogens is 1. The number of nitrogens with zero attached hydrogens (tertiary/aromatic N) is 2. The van der Waals surface area contributed by atoms with Crippen LogP contribution < -0.4 is 0 Å². The van der Waals surface area contributed by atoms with E-state index < -0.39 is 12.6 Å². The van der Waals surface area contributed by atoms with Crippen LogP contribution in [0.2, 0.25) is 0 Å². The van der Waals surface area contributed by atoms with Gasteiger partial charge < -0.3 is 4.84 Å². The Morgan fingerprint density at radius 1 is 1.50 bits per heavy atom. The molecule has 0 radical (unpaired) electrons. The molecule has 1 aromatic heterocycles. The largest absolute Gasteiger partial charge is 0.407 e. The lowest BCUT2D eigenvalue weighted by Crippen LogP contribution is -1.96. The first-order chi connectivity index (χ1) is 6.59. The zero-order chi connectivity index (χ0) is 10.6. The highest BCUT2D eigenvalue weighted by Gasteiger charge is 2.00. The summed E-state index contributed by atoms with van der Waals surface area (Å²) in [6, 6.07) is 2.48. The summed E-state index contributed by atoms with van der Waals surface area (Å²) in [6.45, 7) is -1.42. The zero-order valence-electron chi connectivity index (χ0n) is 7.25. The molecule has 3 nitrogen and oxygen atoms in total. The van der Waals surface area contributed by atoms with Crippen molar-refractivity contribution in [3.05, 3.63) is 29.3 Å². The number of alkyl halides is 2. The molecule has 0 aliphatic carbocycles. The van der Waals surface area contributed by atoms with Crippen LogP contribution in [0.3, 0.4) is 0 Å². The standard InChI is InChI=1S/C8H7F3N2O/c1-5-6(2-3-7(9)13-5)4-12-14-8(10)11/h2-4,8H,1H3/b12-4+. The van der Waals surface area contributed by atoms with E-state index in [1.54, 1.807) is 0 Å². The van der Waals surface area contributed by atoms with Crippen molar-refractivity contribution in [2.75, 3.05) is 0 Å². The van der Waals surface area contributed by atoms with Crippen LogP contribution >= 0.6 is 0 Å². The third-order valence-electron chi connectivity index (χ3n) is 1.43. The Balaban J connectivity index is 2.72. The first-order valence-corrected chi connectivity index (χ1v) is 3.70. The fourth-order valence-corrected chi connectivity index (χ4v) is 0.811. The molecule has 0 aliphatic rings. The van der Waals surface area contributed by atoms with Crippen LogP contribution in [0.4, 0.5) is 13.2 Å². The van der Waals surface area contributed by atoms with Crippen LogP contribution in [0.25, 0.3) is 0 Å². The highest BCUT2D eigenvalue weighted by atomic mass is 19.3. The molecule has 0 N–H and O–H groups in total. The molecule has 76 valence electrons. The molecule has 1 aromatic rings. The van der Waals surface area contributed by atoms with Crippen LogP contribution in [-0.2, 0) is 4.84 Å². The Kier molecular flexibility index (Phi) is 3.44. The number of hydrogen-bond acceptors (Lipinski definition) is 3. The predicted molar refractivity (Wildman–Crippen MR) is 43.6 cm³/mol. The van der Waals surface area contributed by atoms with Crippen molar-refractivity contribution in [3.8, 4) is 0 Å². The van der Waals surface area contributed by atoms with Gasteiger partial charge in [0.05, 0.1) is 6.21 Å². The Morgan fingerprint density at radius 2 is 2.21 bits per heavy atom. The van der Waals surface area contributed by atoms with Gasteiger partial charge in [-0.25, -0.2) is 4.98 Å². The van der Waals surface area contributed by atoms with Crippen molar-refractivity contribution in [2.45, 2.75) is 13.5 Å². The molecule has 1 rings (SSSR count). The van der Waals surface area contributed by atoms with E-state index in [-0.39, 0.29) is 0 Å². The van der Waals surface area contributed by atoms with Gasteiger partial charge >= 0.3 is 6.61 Å². The summed E-state index contributed by atoms with van der Waals surface area (Å²) in [5, 5.41) is 2.99. The molecular formula is C8H7F3N2O. The van der Waals surface area contributed by atoms with Gasteiger partial charge in [0.25, 0.3) is 0 Å². The molecule has 0 bridgehead atoms. The van der Waals surface area contributed by atoms with Crippen LogP contribution in [0.1, 0.15) is 11.3 Å². The van der Waals surface area contributed by atoms with Gasteiger partial charge in [-0.2, -0.15) is 13.2 Å². The highest BCUT2D eigenvalue weighted by molar-refractivity contribution is 5.80. The molecule has 0 atom stereocenters. The molecule has 0 amide bonds. The summed E-state index contributed by atoms with van der Waals surface area (Å²) in [6.07, 6.45) is 1.05. The lowest BCUT2D eigenvalue weighted by molar-refractivity contribution is -0.127. The zero-order valence-corrected chi connectivity index (χ0v) is 7.25. The SMILES string of the molecule is Cc1nc(F)ccc1/C=N/OC(F)F. The van der Waals surface area contributed by atoms with E-state index in [9.17, 15) is 13.2 Å². The van der Waals surface area contributed by atoms with E-state index in [1.807, 2.05) is 0 Å². The Hall–Kier alpha value is -1.59. The summed E-state index contributed by atoms with van der Waals surface area (Å²) in [4.78, 5) is 7.12. The second-order valence-electron chi connectivity index (χ2n) is 2.41. The van der Waals surface area contributed by atoms with Crippen LogP contribution in [0.5, 0.6) is 0 Å². The third-order valence-corrected chi connectivity index (χ3v) is 1.43. The minimum atomic E-state index is -2.96. The molecule has 1 heterocycles. The van der Waals surface area contributed by atoms with E-state index in [0.717, 1.165) is 12.3 Å². The van der Waals surface area contributed by atoms with Crippen LogP contribution in [0.15, 0.2) is 17.3 Å². The number of hydrogen-bond donors (Lipinski definition) is 0. The van der Waals surface area contributed by atoms with Crippen molar-refractivity contribution in [2.24, 2.45) is 5.16 Å². The molecule has 0 aliphatic heterocycles. The molecule has 14 heavy (non-hydrogen) atoms. The third kappa shape index (κ3) is 3.04. The second kappa shape index (κ2) is 4.59. The molecule has 0 saturated heterocycles. The Bertz CT molecular complexity index is 341. The van der Waals surface area contributed by atoms with Gasteiger partial charge in [-0.1, -0.05) is 5.16 Å². The molecule has 6 heteroatoms. The summed E-state index contributed by atoms with van der Waals surface area (Å²) in [5.41, 5.74) is 0.777. The maximum atomic E-state index is 12.5. The van der Waals surface area contributed by atoms with Gasteiger partial charge in [0.15, 0.2) is 0 Å². The molecule has 0 fully saturated rings. The maximum absolute atomic E-state index is 12.5. The Labute approximate surface area is 78.2 Å². The summed E-state index contributed by atoms with van der Waals surface area (Å²) < 4.78 is 35.5. The lowest BCUT2D eigenvalue weighted by atomic mass is 10.2. The molecule has 0 unspecified atom stereocenters. The summed E-state index contributed by atoms with van der Waals surface area (Å²) >= 11 is 0.